The molecule has 2 aliphatic rings. The minimum atomic E-state index is 0.863. The Balaban J connectivity index is 1.93. The molecular weight excluding hydrogens is 122 g/mol. The second-order valence-corrected chi connectivity index (χ2v) is 3.48. The fraction of sp³-hybridized carbons (Fsp3) is 0.889. The first kappa shape index (κ1) is 6.66. The van der Waals surface area contributed by atoms with E-state index in [1.807, 2.05) is 0 Å². The van der Waals surface area contributed by atoms with Crippen molar-refractivity contribution in [1.82, 2.24) is 4.90 Å². The van der Waals surface area contributed by atoms with Crippen LogP contribution in [0.1, 0.15) is 32.1 Å². The van der Waals surface area contributed by atoms with Crippen LogP contribution in [0.4, 0.5) is 0 Å². The minimum absolute atomic E-state index is 0.863. The van der Waals surface area contributed by atoms with E-state index in [0.717, 1.165) is 6.04 Å². The van der Waals surface area contributed by atoms with Crippen LogP contribution in [-0.2, 0) is 0 Å². The third kappa shape index (κ3) is 1.20. The fourth-order valence-corrected chi connectivity index (χ4v) is 2.17. The molecule has 0 aromatic heterocycles. The van der Waals surface area contributed by atoms with Crippen LogP contribution in [0.3, 0.4) is 0 Å². The van der Waals surface area contributed by atoms with E-state index in [0.29, 0.717) is 0 Å². The molecule has 0 N–H and O–H groups in total. The van der Waals surface area contributed by atoms with Crippen LogP contribution in [0, 0.1) is 6.42 Å². The summed E-state index contributed by atoms with van der Waals surface area (Å²) in [4.78, 5) is 2.65. The lowest BCUT2D eigenvalue weighted by Crippen LogP contribution is -2.42. The topological polar surface area (TPSA) is 3.24 Å². The molecule has 2 aliphatic heterocycles. The van der Waals surface area contributed by atoms with Crippen LogP contribution >= 0.6 is 0 Å². The van der Waals surface area contributed by atoms with Crippen molar-refractivity contribution in [2.45, 2.75) is 38.1 Å². The summed E-state index contributed by atoms with van der Waals surface area (Å²) in [6.07, 6.45) is 9.60. The van der Waals surface area contributed by atoms with Gasteiger partial charge in [0.05, 0.1) is 0 Å². The van der Waals surface area contributed by atoms with E-state index in [9.17, 15) is 0 Å². The molecule has 1 heteroatoms. The summed E-state index contributed by atoms with van der Waals surface area (Å²) in [5.41, 5.74) is 0. The van der Waals surface area contributed by atoms with Crippen LogP contribution < -0.4 is 0 Å². The van der Waals surface area contributed by atoms with Crippen molar-refractivity contribution in [3.05, 3.63) is 6.42 Å². The van der Waals surface area contributed by atoms with Crippen LogP contribution in [-0.4, -0.2) is 24.0 Å². The van der Waals surface area contributed by atoms with Gasteiger partial charge in [-0.25, -0.2) is 0 Å². The van der Waals surface area contributed by atoms with Crippen LogP contribution in [0.5, 0.6) is 0 Å². The molecule has 1 radical (unpaired) electrons. The van der Waals surface area contributed by atoms with Gasteiger partial charge in [0.1, 0.15) is 0 Å². The van der Waals surface area contributed by atoms with Gasteiger partial charge in [-0.3, -0.25) is 0 Å². The van der Waals surface area contributed by atoms with Gasteiger partial charge in [-0.2, -0.15) is 0 Å². The molecule has 1 unspecified atom stereocenters. The monoisotopic (exact) mass is 138 g/mol. The van der Waals surface area contributed by atoms with E-state index in [1.54, 1.807) is 0 Å². The van der Waals surface area contributed by atoms with Gasteiger partial charge in [0.15, 0.2) is 0 Å². The Kier molecular flexibility index (Phi) is 1.94. The number of hydrogen-bond donors (Lipinski definition) is 0. The molecule has 2 heterocycles. The summed E-state index contributed by atoms with van der Waals surface area (Å²) >= 11 is 0. The number of rotatable bonds is 0. The van der Waals surface area contributed by atoms with Crippen molar-refractivity contribution in [2.75, 3.05) is 13.1 Å². The van der Waals surface area contributed by atoms with Gasteiger partial charge >= 0.3 is 0 Å². The average molecular weight is 138 g/mol. The second-order valence-electron chi connectivity index (χ2n) is 3.48. The van der Waals surface area contributed by atoms with E-state index in [1.165, 1.54) is 45.2 Å². The molecule has 0 bridgehead atoms. The van der Waals surface area contributed by atoms with Gasteiger partial charge in [-0.15, -0.1) is 0 Å². The SMILES string of the molecule is [CH]1CCCN2CCCCC12. The zero-order valence-electron chi connectivity index (χ0n) is 6.55. The van der Waals surface area contributed by atoms with Crippen molar-refractivity contribution < 1.29 is 0 Å². The second kappa shape index (κ2) is 2.91. The lowest BCUT2D eigenvalue weighted by molar-refractivity contribution is 0.144. The first-order valence-electron chi connectivity index (χ1n) is 4.54. The summed E-state index contributed by atoms with van der Waals surface area (Å²) in [6, 6.07) is 0.863. The molecule has 1 atom stereocenters. The highest BCUT2D eigenvalue weighted by Crippen LogP contribution is 2.24. The molecular formula is C9H16N. The van der Waals surface area contributed by atoms with Gasteiger partial charge < -0.3 is 4.90 Å². The standard InChI is InChI=1S/C9H16N/c1-3-7-10-8-4-2-6-9(10)5-1/h5,9H,1-4,6-8H2. The number of hydrogen-bond acceptors (Lipinski definition) is 1. The third-order valence-corrected chi connectivity index (χ3v) is 2.75. The van der Waals surface area contributed by atoms with Crippen molar-refractivity contribution in [2.24, 2.45) is 0 Å². The zero-order chi connectivity index (χ0) is 6.81. The van der Waals surface area contributed by atoms with Crippen molar-refractivity contribution in [3.8, 4) is 0 Å². The Morgan fingerprint density at radius 2 is 2.00 bits per heavy atom. The van der Waals surface area contributed by atoms with Gasteiger partial charge in [0, 0.05) is 6.04 Å². The van der Waals surface area contributed by atoms with Crippen LogP contribution in [0.2, 0.25) is 0 Å². The van der Waals surface area contributed by atoms with E-state index >= 15 is 0 Å². The van der Waals surface area contributed by atoms with Gasteiger partial charge in [0.2, 0.25) is 0 Å². The molecule has 10 heavy (non-hydrogen) atoms. The maximum atomic E-state index is 2.65. The third-order valence-electron chi connectivity index (χ3n) is 2.75. The Labute approximate surface area is 63.4 Å². The summed E-state index contributed by atoms with van der Waals surface area (Å²) in [5, 5.41) is 0. The van der Waals surface area contributed by atoms with E-state index in [4.69, 9.17) is 0 Å². The van der Waals surface area contributed by atoms with Gasteiger partial charge in [-0.1, -0.05) is 6.42 Å². The number of nitrogens with zero attached hydrogens (tertiary/aromatic N) is 1. The molecule has 0 spiro atoms. The summed E-state index contributed by atoms with van der Waals surface area (Å²) in [7, 11) is 0. The first-order chi connectivity index (χ1) is 4.97. The Bertz CT molecular complexity index is 85.3. The molecule has 0 aromatic rings. The number of fused-ring (bicyclic) bond motifs is 1. The maximum absolute atomic E-state index is 2.65. The lowest BCUT2D eigenvalue weighted by atomic mass is 9.93. The summed E-state index contributed by atoms with van der Waals surface area (Å²) in [6.45, 7) is 2.72. The minimum Gasteiger partial charge on any atom is -0.300 e. The van der Waals surface area contributed by atoms with Crippen LogP contribution in [0.25, 0.3) is 0 Å². The lowest BCUT2D eigenvalue weighted by Gasteiger charge is -2.38. The highest BCUT2D eigenvalue weighted by molar-refractivity contribution is 4.91. The van der Waals surface area contributed by atoms with Crippen molar-refractivity contribution >= 4 is 0 Å². The Hall–Kier alpha value is -0.0400. The summed E-state index contributed by atoms with van der Waals surface area (Å²) < 4.78 is 0. The molecule has 0 saturated carbocycles. The molecule has 1 nitrogen and oxygen atoms in total. The Morgan fingerprint density at radius 1 is 1.10 bits per heavy atom. The van der Waals surface area contributed by atoms with Gasteiger partial charge in [-0.05, 0) is 45.2 Å². The largest absolute Gasteiger partial charge is 0.300 e. The highest BCUT2D eigenvalue weighted by atomic mass is 15.2. The Morgan fingerprint density at radius 3 is 2.90 bits per heavy atom. The quantitative estimate of drug-likeness (QED) is 0.493. The van der Waals surface area contributed by atoms with Gasteiger partial charge in [0.25, 0.3) is 0 Å². The summed E-state index contributed by atoms with van der Waals surface area (Å²) in [5.74, 6) is 0. The average Bonchev–Trinajstić information content (AvgIpc) is 2.05. The first-order valence-corrected chi connectivity index (χ1v) is 4.54. The molecule has 0 aliphatic carbocycles. The predicted molar refractivity (Wildman–Crippen MR) is 42.7 cm³/mol. The molecule has 0 amide bonds. The molecule has 2 rings (SSSR count). The van der Waals surface area contributed by atoms with Crippen molar-refractivity contribution in [1.29, 1.82) is 0 Å². The molecule has 2 saturated heterocycles. The molecule has 57 valence electrons. The number of piperidine rings is 2. The van der Waals surface area contributed by atoms with E-state index in [2.05, 4.69) is 11.3 Å². The molecule has 2 fully saturated rings. The van der Waals surface area contributed by atoms with E-state index < -0.39 is 0 Å². The normalized spacial score (nSPS) is 30.0. The highest BCUT2D eigenvalue weighted by Gasteiger charge is 2.24. The van der Waals surface area contributed by atoms with E-state index in [-0.39, 0.29) is 0 Å². The van der Waals surface area contributed by atoms with Crippen molar-refractivity contribution in [3.63, 3.8) is 0 Å². The van der Waals surface area contributed by atoms with Crippen LogP contribution in [0.15, 0.2) is 0 Å². The predicted octanol–water partition coefficient (Wildman–Crippen LogP) is 1.84. The fourth-order valence-electron chi connectivity index (χ4n) is 2.17. The molecule has 0 aromatic carbocycles. The maximum Gasteiger partial charge on any atom is 0.0127 e. The smallest absolute Gasteiger partial charge is 0.0127 e. The zero-order valence-corrected chi connectivity index (χ0v) is 6.55.